The molecule has 0 unspecified atom stereocenters. The van der Waals surface area contributed by atoms with Gasteiger partial charge in [0, 0.05) is 11.6 Å². The van der Waals surface area contributed by atoms with E-state index in [1.807, 2.05) is 0 Å². The van der Waals surface area contributed by atoms with Crippen molar-refractivity contribution in [1.82, 2.24) is 0 Å². The zero-order valence-electron chi connectivity index (χ0n) is 8.92. The maximum Gasteiger partial charge on any atom is 0.164 e. The fourth-order valence-electron chi connectivity index (χ4n) is 2.25. The van der Waals surface area contributed by atoms with E-state index in [0.29, 0.717) is 25.7 Å². The van der Waals surface area contributed by atoms with Crippen molar-refractivity contribution < 1.29 is 13.9 Å². The fraction of sp³-hybridized carbons (Fsp3) is 0.500. The molecule has 0 saturated heterocycles. The van der Waals surface area contributed by atoms with E-state index in [0.717, 1.165) is 6.07 Å². The summed E-state index contributed by atoms with van der Waals surface area (Å²) in [4.78, 5) is 0. The molecule has 0 aromatic heterocycles. The molecule has 3 N–H and O–H groups in total. The van der Waals surface area contributed by atoms with Gasteiger partial charge >= 0.3 is 0 Å². The van der Waals surface area contributed by atoms with Crippen LogP contribution >= 0.6 is 0 Å². The summed E-state index contributed by atoms with van der Waals surface area (Å²) in [6.45, 7) is 0. The number of hydrogen-bond acceptors (Lipinski definition) is 2. The number of benzene rings is 1. The molecule has 0 radical (unpaired) electrons. The number of halogens is 2. The van der Waals surface area contributed by atoms with Crippen molar-refractivity contribution in [2.75, 3.05) is 0 Å². The van der Waals surface area contributed by atoms with Gasteiger partial charge in [-0.2, -0.15) is 0 Å². The average molecular weight is 227 g/mol. The largest absolute Gasteiger partial charge is 0.385 e. The number of aliphatic hydroxyl groups is 1. The van der Waals surface area contributed by atoms with Crippen LogP contribution in [0, 0.1) is 11.6 Å². The molecule has 1 aromatic carbocycles. The van der Waals surface area contributed by atoms with Crippen molar-refractivity contribution in [3.8, 4) is 0 Å². The zero-order valence-corrected chi connectivity index (χ0v) is 8.92. The molecule has 2 nitrogen and oxygen atoms in total. The van der Waals surface area contributed by atoms with Gasteiger partial charge in [-0.15, -0.1) is 0 Å². The van der Waals surface area contributed by atoms with E-state index in [1.54, 1.807) is 0 Å². The maximum absolute atomic E-state index is 13.6. The van der Waals surface area contributed by atoms with Gasteiger partial charge in [0.15, 0.2) is 11.6 Å². The smallest absolute Gasteiger partial charge is 0.164 e. The van der Waals surface area contributed by atoms with E-state index in [4.69, 9.17) is 5.73 Å². The van der Waals surface area contributed by atoms with Gasteiger partial charge in [-0.3, -0.25) is 0 Å². The van der Waals surface area contributed by atoms with Crippen LogP contribution in [-0.2, 0) is 5.60 Å². The lowest BCUT2D eigenvalue weighted by Crippen LogP contribution is -2.37. The zero-order chi connectivity index (χ0) is 11.8. The van der Waals surface area contributed by atoms with Crippen molar-refractivity contribution in [2.24, 2.45) is 5.73 Å². The summed E-state index contributed by atoms with van der Waals surface area (Å²) in [5.41, 5.74) is 4.52. The number of rotatable bonds is 1. The summed E-state index contributed by atoms with van der Waals surface area (Å²) >= 11 is 0. The SMILES string of the molecule is NC1CCC(O)(c2cccc(F)c2F)CC1. The Balaban J connectivity index is 2.32. The van der Waals surface area contributed by atoms with Gasteiger partial charge in [0.25, 0.3) is 0 Å². The highest BCUT2D eigenvalue weighted by Gasteiger charge is 2.36. The topological polar surface area (TPSA) is 46.2 Å². The Morgan fingerprint density at radius 1 is 1.25 bits per heavy atom. The maximum atomic E-state index is 13.6. The first kappa shape index (κ1) is 11.5. The first-order valence-electron chi connectivity index (χ1n) is 5.45. The Labute approximate surface area is 93.1 Å². The molecule has 1 fully saturated rings. The van der Waals surface area contributed by atoms with Crippen molar-refractivity contribution in [3.05, 3.63) is 35.4 Å². The van der Waals surface area contributed by atoms with Crippen molar-refractivity contribution in [2.45, 2.75) is 37.3 Å². The molecule has 4 heteroatoms. The molecule has 0 atom stereocenters. The second-order valence-electron chi connectivity index (χ2n) is 4.47. The summed E-state index contributed by atoms with van der Waals surface area (Å²) in [6, 6.07) is 3.96. The number of hydrogen-bond donors (Lipinski definition) is 2. The predicted molar refractivity (Wildman–Crippen MR) is 56.7 cm³/mol. The lowest BCUT2D eigenvalue weighted by molar-refractivity contribution is -0.00852. The summed E-state index contributed by atoms with van der Waals surface area (Å²) in [5.74, 6) is -1.86. The molecule has 1 aromatic rings. The van der Waals surface area contributed by atoms with Gasteiger partial charge in [-0.25, -0.2) is 8.78 Å². The van der Waals surface area contributed by atoms with E-state index < -0.39 is 17.2 Å². The molecule has 16 heavy (non-hydrogen) atoms. The Hall–Kier alpha value is -1.00. The third kappa shape index (κ3) is 1.95. The third-order valence-corrected chi connectivity index (χ3v) is 3.31. The highest BCUT2D eigenvalue weighted by molar-refractivity contribution is 5.26. The quantitative estimate of drug-likeness (QED) is 0.771. The highest BCUT2D eigenvalue weighted by Crippen LogP contribution is 2.38. The molecule has 0 aliphatic heterocycles. The molecule has 0 spiro atoms. The molecule has 88 valence electrons. The van der Waals surface area contributed by atoms with Gasteiger partial charge in [0.05, 0.1) is 5.60 Å². The Morgan fingerprint density at radius 2 is 1.88 bits per heavy atom. The van der Waals surface area contributed by atoms with Crippen LogP contribution in [0.2, 0.25) is 0 Å². The summed E-state index contributed by atoms with van der Waals surface area (Å²) in [5, 5.41) is 10.3. The Kier molecular flexibility index (Phi) is 2.95. The molecule has 1 aliphatic rings. The highest BCUT2D eigenvalue weighted by atomic mass is 19.2. The first-order chi connectivity index (χ1) is 7.53. The van der Waals surface area contributed by atoms with Gasteiger partial charge in [-0.05, 0) is 31.7 Å². The van der Waals surface area contributed by atoms with Crippen LogP contribution in [0.1, 0.15) is 31.2 Å². The fourth-order valence-corrected chi connectivity index (χ4v) is 2.25. The Bertz CT molecular complexity index is 387. The Morgan fingerprint density at radius 3 is 2.50 bits per heavy atom. The first-order valence-corrected chi connectivity index (χ1v) is 5.45. The molecule has 1 aliphatic carbocycles. The minimum absolute atomic E-state index is 0.0527. The monoisotopic (exact) mass is 227 g/mol. The lowest BCUT2D eigenvalue weighted by atomic mass is 9.78. The standard InChI is InChI=1S/C12H15F2NO/c13-10-3-1-2-9(11(10)14)12(16)6-4-8(15)5-7-12/h1-3,8,16H,4-7,15H2. The molecular weight excluding hydrogens is 212 g/mol. The van der Waals surface area contributed by atoms with E-state index >= 15 is 0 Å². The molecule has 0 amide bonds. The summed E-state index contributed by atoms with van der Waals surface area (Å²) in [7, 11) is 0. The van der Waals surface area contributed by atoms with Crippen LogP contribution in [0.25, 0.3) is 0 Å². The third-order valence-electron chi connectivity index (χ3n) is 3.31. The van der Waals surface area contributed by atoms with Crippen molar-refractivity contribution in [1.29, 1.82) is 0 Å². The average Bonchev–Trinajstić information content (AvgIpc) is 2.27. The van der Waals surface area contributed by atoms with Gasteiger partial charge in [0.2, 0.25) is 0 Å². The molecule has 0 bridgehead atoms. The van der Waals surface area contributed by atoms with E-state index in [1.165, 1.54) is 12.1 Å². The van der Waals surface area contributed by atoms with Gasteiger partial charge in [0.1, 0.15) is 0 Å². The second-order valence-corrected chi connectivity index (χ2v) is 4.47. The van der Waals surface area contributed by atoms with Crippen LogP contribution in [0.5, 0.6) is 0 Å². The normalized spacial score (nSPS) is 30.4. The lowest BCUT2D eigenvalue weighted by Gasteiger charge is -2.35. The predicted octanol–water partition coefficient (Wildman–Crippen LogP) is 2.05. The molecule has 2 rings (SSSR count). The number of nitrogens with two attached hydrogens (primary N) is 1. The van der Waals surface area contributed by atoms with E-state index in [-0.39, 0.29) is 11.6 Å². The molecule has 0 heterocycles. The van der Waals surface area contributed by atoms with Gasteiger partial charge < -0.3 is 10.8 Å². The molecule has 1 saturated carbocycles. The van der Waals surface area contributed by atoms with Crippen molar-refractivity contribution >= 4 is 0 Å². The minimum atomic E-state index is -1.26. The van der Waals surface area contributed by atoms with Crippen LogP contribution in [-0.4, -0.2) is 11.1 Å². The van der Waals surface area contributed by atoms with Crippen LogP contribution < -0.4 is 5.73 Å². The molecular formula is C12H15F2NO. The van der Waals surface area contributed by atoms with E-state index in [9.17, 15) is 13.9 Å². The van der Waals surface area contributed by atoms with Crippen LogP contribution in [0.3, 0.4) is 0 Å². The van der Waals surface area contributed by atoms with Crippen LogP contribution in [0.15, 0.2) is 18.2 Å². The van der Waals surface area contributed by atoms with Crippen LogP contribution in [0.4, 0.5) is 8.78 Å². The second kappa shape index (κ2) is 4.11. The van der Waals surface area contributed by atoms with Crippen molar-refractivity contribution in [3.63, 3.8) is 0 Å². The minimum Gasteiger partial charge on any atom is -0.385 e. The summed E-state index contributed by atoms with van der Waals surface area (Å²) < 4.78 is 26.6. The van der Waals surface area contributed by atoms with Gasteiger partial charge in [-0.1, -0.05) is 12.1 Å². The van der Waals surface area contributed by atoms with E-state index in [2.05, 4.69) is 0 Å². The summed E-state index contributed by atoms with van der Waals surface area (Å²) in [6.07, 6.45) is 2.03.